The summed E-state index contributed by atoms with van der Waals surface area (Å²) in [5.41, 5.74) is -0.177. The van der Waals surface area contributed by atoms with E-state index in [4.69, 9.17) is 4.84 Å². The average Bonchev–Trinajstić information content (AvgIpc) is 2.07. The van der Waals surface area contributed by atoms with Crippen LogP contribution in [0.5, 0.6) is 0 Å². The highest BCUT2D eigenvalue weighted by molar-refractivity contribution is 4.96. The molecule has 0 unspecified atom stereocenters. The van der Waals surface area contributed by atoms with E-state index in [2.05, 4.69) is 39.7 Å². The van der Waals surface area contributed by atoms with Gasteiger partial charge in [0, 0.05) is 11.1 Å². The molecule has 3 nitrogen and oxygen atoms in total. The van der Waals surface area contributed by atoms with E-state index in [1.54, 1.807) is 0 Å². The number of hydrogen-bond acceptors (Lipinski definition) is 3. The molecule has 1 heterocycles. The van der Waals surface area contributed by atoms with Crippen molar-refractivity contribution >= 4 is 0 Å². The van der Waals surface area contributed by atoms with E-state index in [-0.39, 0.29) is 17.2 Å². The number of piperidine rings is 1. The lowest BCUT2D eigenvalue weighted by molar-refractivity contribution is -0.292. The Morgan fingerprint density at radius 1 is 1.19 bits per heavy atom. The van der Waals surface area contributed by atoms with Crippen molar-refractivity contribution in [3.63, 3.8) is 0 Å². The molecule has 1 N–H and O–H groups in total. The molecule has 0 amide bonds. The Labute approximate surface area is 99.7 Å². The molecule has 0 aromatic rings. The molecule has 1 aliphatic rings. The van der Waals surface area contributed by atoms with Crippen molar-refractivity contribution in [2.24, 2.45) is 0 Å². The van der Waals surface area contributed by atoms with Crippen LogP contribution in [-0.2, 0) is 4.84 Å². The number of unbranched alkanes of at least 4 members (excludes halogenated alkanes) is 1. The van der Waals surface area contributed by atoms with E-state index in [1.165, 1.54) is 0 Å². The molecule has 0 saturated carbocycles. The van der Waals surface area contributed by atoms with Crippen LogP contribution >= 0.6 is 0 Å². The number of aliphatic hydroxyl groups excluding tert-OH is 1. The second-order valence-electron chi connectivity index (χ2n) is 6.17. The lowest BCUT2D eigenvalue weighted by atomic mass is 9.80. The third kappa shape index (κ3) is 3.19. The van der Waals surface area contributed by atoms with Crippen LogP contribution in [0.4, 0.5) is 0 Å². The third-order valence-corrected chi connectivity index (χ3v) is 3.29. The summed E-state index contributed by atoms with van der Waals surface area (Å²) in [6.45, 7) is 11.5. The summed E-state index contributed by atoms with van der Waals surface area (Å²) >= 11 is 0. The molecule has 1 rings (SSSR count). The normalized spacial score (nSPS) is 25.9. The van der Waals surface area contributed by atoms with E-state index in [0.29, 0.717) is 0 Å². The van der Waals surface area contributed by atoms with Crippen LogP contribution in [0.25, 0.3) is 0 Å². The maximum absolute atomic E-state index is 9.89. The van der Waals surface area contributed by atoms with E-state index in [0.717, 1.165) is 32.3 Å². The largest absolute Gasteiger partial charge is 0.393 e. The summed E-state index contributed by atoms with van der Waals surface area (Å²) in [5.74, 6) is 0. The summed E-state index contributed by atoms with van der Waals surface area (Å²) in [5, 5.41) is 12.0. The van der Waals surface area contributed by atoms with Gasteiger partial charge >= 0.3 is 0 Å². The molecule has 96 valence electrons. The van der Waals surface area contributed by atoms with E-state index in [9.17, 15) is 5.11 Å². The number of nitrogens with zero attached hydrogens (tertiary/aromatic N) is 1. The van der Waals surface area contributed by atoms with Crippen LogP contribution in [0, 0.1) is 0 Å². The molecule has 0 spiro atoms. The summed E-state index contributed by atoms with van der Waals surface area (Å²) in [4.78, 5) is 5.92. The molecule has 0 aromatic carbocycles. The van der Waals surface area contributed by atoms with Gasteiger partial charge < -0.3 is 5.11 Å². The van der Waals surface area contributed by atoms with Gasteiger partial charge in [0.1, 0.15) is 0 Å². The highest BCUT2D eigenvalue weighted by atomic mass is 16.7. The number of aliphatic hydroxyl groups is 1. The zero-order valence-corrected chi connectivity index (χ0v) is 11.4. The van der Waals surface area contributed by atoms with Crippen molar-refractivity contribution in [3.8, 4) is 0 Å². The zero-order valence-electron chi connectivity index (χ0n) is 11.4. The third-order valence-electron chi connectivity index (χ3n) is 3.29. The number of hydrogen-bond donors (Lipinski definition) is 1. The van der Waals surface area contributed by atoms with Crippen molar-refractivity contribution in [3.05, 3.63) is 0 Å². The summed E-state index contributed by atoms with van der Waals surface area (Å²) in [6.07, 6.45) is 3.59. The molecular weight excluding hydrogens is 202 g/mol. The number of rotatable bonds is 4. The SMILES string of the molecule is CCCCON1C(C)(C)CC(O)CC1(C)C. The first kappa shape index (κ1) is 13.9. The topological polar surface area (TPSA) is 32.7 Å². The minimum Gasteiger partial charge on any atom is -0.393 e. The first-order valence-electron chi connectivity index (χ1n) is 6.41. The summed E-state index contributed by atoms with van der Waals surface area (Å²) < 4.78 is 0. The van der Waals surface area contributed by atoms with Gasteiger partial charge in [-0.05, 0) is 47.0 Å². The first-order chi connectivity index (χ1) is 7.29. The molecule has 0 radical (unpaired) electrons. The lowest BCUT2D eigenvalue weighted by Crippen LogP contribution is -2.61. The van der Waals surface area contributed by atoms with E-state index in [1.807, 2.05) is 0 Å². The van der Waals surface area contributed by atoms with Crippen molar-refractivity contribution < 1.29 is 9.94 Å². The van der Waals surface area contributed by atoms with Crippen LogP contribution in [0.1, 0.15) is 60.3 Å². The van der Waals surface area contributed by atoms with Crippen LogP contribution in [0.2, 0.25) is 0 Å². The minimum absolute atomic E-state index is 0.0884. The van der Waals surface area contributed by atoms with Crippen LogP contribution in [0.15, 0.2) is 0 Å². The van der Waals surface area contributed by atoms with Crippen molar-refractivity contribution in [1.29, 1.82) is 0 Å². The highest BCUT2D eigenvalue weighted by Crippen LogP contribution is 2.38. The van der Waals surface area contributed by atoms with E-state index >= 15 is 0 Å². The maximum atomic E-state index is 9.89. The molecular formula is C13H27NO2. The van der Waals surface area contributed by atoms with Gasteiger partial charge in [0.15, 0.2) is 0 Å². The predicted octanol–water partition coefficient (Wildman–Crippen LogP) is 2.73. The number of hydroxylamine groups is 2. The Balaban J connectivity index is 2.68. The quantitative estimate of drug-likeness (QED) is 0.752. The predicted molar refractivity (Wildman–Crippen MR) is 66.1 cm³/mol. The van der Waals surface area contributed by atoms with Gasteiger partial charge in [0.2, 0.25) is 0 Å². The molecule has 0 aliphatic carbocycles. The molecule has 0 aromatic heterocycles. The van der Waals surface area contributed by atoms with Crippen molar-refractivity contribution in [2.45, 2.75) is 77.5 Å². The maximum Gasteiger partial charge on any atom is 0.0685 e. The Morgan fingerprint density at radius 3 is 2.12 bits per heavy atom. The van der Waals surface area contributed by atoms with Gasteiger partial charge in [0.05, 0.1) is 12.7 Å². The highest BCUT2D eigenvalue weighted by Gasteiger charge is 2.45. The van der Waals surface area contributed by atoms with Crippen LogP contribution < -0.4 is 0 Å². The van der Waals surface area contributed by atoms with Crippen molar-refractivity contribution in [1.82, 2.24) is 5.06 Å². The van der Waals surface area contributed by atoms with E-state index < -0.39 is 0 Å². The fourth-order valence-corrected chi connectivity index (χ4v) is 2.86. The Kier molecular flexibility index (Phi) is 4.38. The lowest BCUT2D eigenvalue weighted by Gasteiger charge is -2.52. The van der Waals surface area contributed by atoms with Gasteiger partial charge in [-0.1, -0.05) is 13.3 Å². The monoisotopic (exact) mass is 229 g/mol. The minimum atomic E-state index is -0.212. The average molecular weight is 229 g/mol. The molecule has 1 saturated heterocycles. The summed E-state index contributed by atoms with van der Waals surface area (Å²) in [6, 6.07) is 0. The Morgan fingerprint density at radius 2 is 1.69 bits per heavy atom. The van der Waals surface area contributed by atoms with Gasteiger partial charge in [-0.25, -0.2) is 0 Å². The molecule has 0 atom stereocenters. The second kappa shape index (κ2) is 5.03. The second-order valence-corrected chi connectivity index (χ2v) is 6.17. The summed E-state index contributed by atoms with van der Waals surface area (Å²) in [7, 11) is 0. The van der Waals surface area contributed by atoms with Gasteiger partial charge in [0.25, 0.3) is 0 Å². The van der Waals surface area contributed by atoms with Gasteiger partial charge in [-0.15, -0.1) is 0 Å². The van der Waals surface area contributed by atoms with Gasteiger partial charge in [-0.3, -0.25) is 4.84 Å². The molecule has 3 heteroatoms. The first-order valence-corrected chi connectivity index (χ1v) is 6.41. The fraction of sp³-hybridized carbons (Fsp3) is 1.00. The molecule has 1 fully saturated rings. The fourth-order valence-electron chi connectivity index (χ4n) is 2.86. The molecule has 0 bridgehead atoms. The Hall–Kier alpha value is -0.120. The molecule has 16 heavy (non-hydrogen) atoms. The van der Waals surface area contributed by atoms with Crippen LogP contribution in [0.3, 0.4) is 0 Å². The standard InChI is InChI=1S/C13H27NO2/c1-6-7-8-16-14-12(2,3)9-11(15)10-13(14,4)5/h11,15H,6-10H2,1-5H3. The zero-order chi connectivity index (χ0) is 12.4. The molecule has 1 aliphatic heterocycles. The van der Waals surface area contributed by atoms with Crippen molar-refractivity contribution in [2.75, 3.05) is 6.61 Å². The van der Waals surface area contributed by atoms with Crippen LogP contribution in [-0.4, -0.2) is 34.0 Å². The Bertz CT molecular complexity index is 208. The van der Waals surface area contributed by atoms with Gasteiger partial charge in [-0.2, -0.15) is 5.06 Å². The smallest absolute Gasteiger partial charge is 0.0685 e.